The van der Waals surface area contributed by atoms with E-state index in [1.165, 1.54) is 0 Å². The molecule has 0 aliphatic carbocycles. The van der Waals surface area contributed by atoms with Crippen molar-refractivity contribution in [3.05, 3.63) is 12.3 Å². The quantitative estimate of drug-likeness (QED) is 0.812. The van der Waals surface area contributed by atoms with Gasteiger partial charge in [-0.1, -0.05) is 6.92 Å². The number of piperazine rings is 1. The molecule has 0 atom stereocenters. The lowest BCUT2D eigenvalue weighted by molar-refractivity contribution is 0.0398. The third-order valence-corrected chi connectivity index (χ3v) is 4.58. The molecule has 2 fully saturated rings. The van der Waals surface area contributed by atoms with Crippen molar-refractivity contribution >= 4 is 11.8 Å². The molecular formula is C16H28N6O. The van der Waals surface area contributed by atoms with Crippen LogP contribution < -0.4 is 10.2 Å². The van der Waals surface area contributed by atoms with Crippen molar-refractivity contribution in [3.8, 4) is 0 Å². The van der Waals surface area contributed by atoms with Crippen LogP contribution >= 0.6 is 0 Å². The Bertz CT molecular complexity index is 471. The van der Waals surface area contributed by atoms with Gasteiger partial charge in [-0.25, -0.2) is 4.98 Å². The van der Waals surface area contributed by atoms with E-state index in [0.717, 1.165) is 83.9 Å². The van der Waals surface area contributed by atoms with Gasteiger partial charge in [-0.15, -0.1) is 0 Å². The normalized spacial score (nSPS) is 20.7. The Morgan fingerprint density at radius 1 is 1.09 bits per heavy atom. The summed E-state index contributed by atoms with van der Waals surface area (Å²) in [7, 11) is 0. The summed E-state index contributed by atoms with van der Waals surface area (Å²) in [5, 5.41) is 3.42. The SMILES string of the molecule is CCN1CCN(c2nccc(NCCN3CCOCC3)n2)CC1. The molecule has 1 N–H and O–H groups in total. The van der Waals surface area contributed by atoms with E-state index >= 15 is 0 Å². The molecule has 128 valence electrons. The molecule has 2 saturated heterocycles. The van der Waals surface area contributed by atoms with Crippen molar-refractivity contribution < 1.29 is 4.74 Å². The number of aromatic nitrogens is 2. The average molecular weight is 320 g/mol. The first kappa shape index (κ1) is 16.4. The van der Waals surface area contributed by atoms with Gasteiger partial charge in [-0.05, 0) is 12.6 Å². The molecule has 2 aliphatic rings. The van der Waals surface area contributed by atoms with Gasteiger partial charge >= 0.3 is 0 Å². The highest BCUT2D eigenvalue weighted by atomic mass is 16.5. The fourth-order valence-corrected chi connectivity index (χ4v) is 3.03. The van der Waals surface area contributed by atoms with Gasteiger partial charge in [0.15, 0.2) is 0 Å². The maximum atomic E-state index is 5.37. The van der Waals surface area contributed by atoms with Crippen LogP contribution in [0.1, 0.15) is 6.92 Å². The molecule has 0 bridgehead atoms. The smallest absolute Gasteiger partial charge is 0.227 e. The maximum absolute atomic E-state index is 5.37. The van der Waals surface area contributed by atoms with Crippen molar-refractivity contribution in [2.45, 2.75) is 6.92 Å². The van der Waals surface area contributed by atoms with E-state index in [2.05, 4.69) is 36.9 Å². The molecule has 0 spiro atoms. The molecule has 7 heteroatoms. The Balaban J connectivity index is 1.47. The Labute approximate surface area is 138 Å². The molecule has 0 aromatic carbocycles. The van der Waals surface area contributed by atoms with Crippen LogP contribution in [0.2, 0.25) is 0 Å². The third kappa shape index (κ3) is 4.76. The van der Waals surface area contributed by atoms with Gasteiger partial charge in [0.05, 0.1) is 13.2 Å². The minimum absolute atomic E-state index is 0.845. The molecule has 0 unspecified atom stereocenters. The molecule has 3 rings (SSSR count). The summed E-state index contributed by atoms with van der Waals surface area (Å²) < 4.78 is 5.37. The molecule has 3 heterocycles. The van der Waals surface area contributed by atoms with E-state index in [-0.39, 0.29) is 0 Å². The second-order valence-corrected chi connectivity index (χ2v) is 6.04. The van der Waals surface area contributed by atoms with E-state index in [1.807, 2.05) is 12.3 Å². The van der Waals surface area contributed by atoms with E-state index in [4.69, 9.17) is 4.74 Å². The van der Waals surface area contributed by atoms with E-state index in [9.17, 15) is 0 Å². The van der Waals surface area contributed by atoms with Gasteiger partial charge in [0.1, 0.15) is 5.82 Å². The van der Waals surface area contributed by atoms with Gasteiger partial charge in [-0.3, -0.25) is 4.90 Å². The van der Waals surface area contributed by atoms with Crippen LogP contribution in [0.5, 0.6) is 0 Å². The number of hydrogen-bond acceptors (Lipinski definition) is 7. The van der Waals surface area contributed by atoms with Gasteiger partial charge < -0.3 is 19.9 Å². The van der Waals surface area contributed by atoms with Crippen molar-refractivity contribution in [1.82, 2.24) is 19.8 Å². The zero-order chi connectivity index (χ0) is 15.9. The predicted molar refractivity (Wildman–Crippen MR) is 92.1 cm³/mol. The largest absolute Gasteiger partial charge is 0.379 e. The maximum Gasteiger partial charge on any atom is 0.227 e. The molecule has 0 saturated carbocycles. The standard InChI is InChI=1S/C16H28N6O/c1-2-20-7-9-22(10-8-20)16-18-4-3-15(19-16)17-5-6-21-11-13-23-14-12-21/h3-4H,2,5-14H2,1H3,(H,17,18,19). The van der Waals surface area contributed by atoms with Crippen molar-refractivity contribution in [3.63, 3.8) is 0 Å². The first-order chi connectivity index (χ1) is 11.3. The summed E-state index contributed by atoms with van der Waals surface area (Å²) in [5.41, 5.74) is 0. The Morgan fingerprint density at radius 2 is 1.87 bits per heavy atom. The van der Waals surface area contributed by atoms with Crippen molar-refractivity contribution in [2.24, 2.45) is 0 Å². The van der Waals surface area contributed by atoms with E-state index in [0.29, 0.717) is 0 Å². The zero-order valence-electron chi connectivity index (χ0n) is 14.1. The number of nitrogens with one attached hydrogen (secondary N) is 1. The van der Waals surface area contributed by atoms with Gasteiger partial charge in [0.2, 0.25) is 5.95 Å². The summed E-state index contributed by atoms with van der Waals surface area (Å²) in [6, 6.07) is 1.95. The number of ether oxygens (including phenoxy) is 1. The summed E-state index contributed by atoms with van der Waals surface area (Å²) in [6.07, 6.45) is 1.85. The van der Waals surface area contributed by atoms with Crippen LogP contribution in [0.3, 0.4) is 0 Å². The topological polar surface area (TPSA) is 56.8 Å². The van der Waals surface area contributed by atoms with Gasteiger partial charge in [0.25, 0.3) is 0 Å². The molecule has 1 aromatic rings. The number of rotatable bonds is 6. The summed E-state index contributed by atoms with van der Waals surface area (Å²) in [4.78, 5) is 16.3. The van der Waals surface area contributed by atoms with Crippen LogP contribution in [0.25, 0.3) is 0 Å². The van der Waals surface area contributed by atoms with Crippen molar-refractivity contribution in [2.75, 3.05) is 82.3 Å². The molecule has 0 radical (unpaired) electrons. The minimum Gasteiger partial charge on any atom is -0.379 e. The van der Waals surface area contributed by atoms with E-state index in [1.54, 1.807) is 0 Å². The number of morpholine rings is 1. The Hall–Kier alpha value is -1.44. The monoisotopic (exact) mass is 320 g/mol. The van der Waals surface area contributed by atoms with Crippen LogP contribution in [0, 0.1) is 0 Å². The zero-order valence-corrected chi connectivity index (χ0v) is 14.1. The van der Waals surface area contributed by atoms with Crippen molar-refractivity contribution in [1.29, 1.82) is 0 Å². The molecule has 2 aliphatic heterocycles. The first-order valence-electron chi connectivity index (χ1n) is 8.69. The predicted octanol–water partition coefficient (Wildman–Crippen LogP) is 0.363. The molecule has 7 nitrogen and oxygen atoms in total. The Morgan fingerprint density at radius 3 is 2.61 bits per heavy atom. The fraction of sp³-hybridized carbons (Fsp3) is 0.750. The third-order valence-electron chi connectivity index (χ3n) is 4.58. The molecule has 23 heavy (non-hydrogen) atoms. The number of hydrogen-bond donors (Lipinski definition) is 1. The van der Waals surface area contributed by atoms with Gasteiger partial charge in [0, 0.05) is 58.6 Å². The number of likely N-dealkylation sites (N-methyl/N-ethyl adjacent to an activating group) is 1. The lowest BCUT2D eigenvalue weighted by atomic mass is 10.3. The van der Waals surface area contributed by atoms with Crippen LogP contribution in [-0.2, 0) is 4.74 Å². The second-order valence-electron chi connectivity index (χ2n) is 6.04. The Kier molecular flexibility index (Phi) is 6.01. The molecule has 1 aromatic heterocycles. The van der Waals surface area contributed by atoms with Gasteiger partial charge in [-0.2, -0.15) is 4.98 Å². The summed E-state index contributed by atoms with van der Waals surface area (Å²) in [5.74, 6) is 1.76. The highest BCUT2D eigenvalue weighted by Crippen LogP contribution is 2.13. The molecular weight excluding hydrogens is 292 g/mol. The van der Waals surface area contributed by atoms with Crippen LogP contribution in [-0.4, -0.2) is 91.9 Å². The fourth-order valence-electron chi connectivity index (χ4n) is 3.03. The minimum atomic E-state index is 0.845. The number of anilines is 2. The lowest BCUT2D eigenvalue weighted by Crippen LogP contribution is -2.46. The summed E-state index contributed by atoms with van der Waals surface area (Å²) in [6.45, 7) is 13.2. The van der Waals surface area contributed by atoms with E-state index < -0.39 is 0 Å². The lowest BCUT2D eigenvalue weighted by Gasteiger charge is -2.34. The first-order valence-corrected chi connectivity index (χ1v) is 8.69. The number of nitrogens with zero attached hydrogens (tertiary/aromatic N) is 5. The summed E-state index contributed by atoms with van der Waals surface area (Å²) >= 11 is 0. The van der Waals surface area contributed by atoms with Crippen LogP contribution in [0.15, 0.2) is 12.3 Å². The molecule has 0 amide bonds. The highest BCUT2D eigenvalue weighted by molar-refractivity contribution is 5.41. The second kappa shape index (κ2) is 8.42. The average Bonchev–Trinajstić information content (AvgIpc) is 2.63. The highest BCUT2D eigenvalue weighted by Gasteiger charge is 2.18. The van der Waals surface area contributed by atoms with Crippen LogP contribution in [0.4, 0.5) is 11.8 Å².